The number of carbonyl (C=O) groups excluding carboxylic acids is 1. The van der Waals surface area contributed by atoms with Gasteiger partial charge in [0.25, 0.3) is 0 Å². The summed E-state index contributed by atoms with van der Waals surface area (Å²) in [5.41, 5.74) is 1.65. The Hall–Kier alpha value is -2.60. The van der Waals surface area contributed by atoms with Gasteiger partial charge in [-0.25, -0.2) is 4.39 Å². The molecular formula is C19H14FNO3S. The van der Waals surface area contributed by atoms with Crippen molar-refractivity contribution in [2.75, 3.05) is 10.7 Å². The summed E-state index contributed by atoms with van der Waals surface area (Å²) in [7, 11) is 0. The minimum absolute atomic E-state index is 0.161. The highest BCUT2D eigenvalue weighted by Gasteiger charge is 2.36. The van der Waals surface area contributed by atoms with E-state index >= 15 is 0 Å². The van der Waals surface area contributed by atoms with Crippen LogP contribution in [0.3, 0.4) is 0 Å². The van der Waals surface area contributed by atoms with Gasteiger partial charge >= 0.3 is 0 Å². The molecule has 0 N–H and O–H groups in total. The van der Waals surface area contributed by atoms with Crippen LogP contribution in [0.4, 0.5) is 10.1 Å². The lowest BCUT2D eigenvalue weighted by atomic mass is 10.1. The molecule has 4 nitrogen and oxygen atoms in total. The molecular weight excluding hydrogens is 341 g/mol. The Labute approximate surface area is 147 Å². The van der Waals surface area contributed by atoms with Crippen molar-refractivity contribution in [1.82, 2.24) is 0 Å². The normalized spacial score (nSPS) is 17.4. The van der Waals surface area contributed by atoms with E-state index in [0.29, 0.717) is 27.8 Å². The zero-order chi connectivity index (χ0) is 17.6. The number of rotatable bonds is 2. The number of halogens is 1. The number of hydrogen-bond acceptors (Lipinski definition) is 4. The summed E-state index contributed by atoms with van der Waals surface area (Å²) in [5, 5.41) is -0.0644. The fraction of sp³-hybridized carbons (Fsp3) is 0.158. The van der Waals surface area contributed by atoms with Crippen molar-refractivity contribution in [2.24, 2.45) is 0 Å². The average molecular weight is 355 g/mol. The molecule has 2 aromatic carbocycles. The number of para-hydroxylation sites is 1. The summed E-state index contributed by atoms with van der Waals surface area (Å²) < 4.78 is 19.5. The van der Waals surface area contributed by atoms with Gasteiger partial charge in [-0.1, -0.05) is 18.2 Å². The molecule has 1 aromatic heterocycles. The zero-order valence-electron chi connectivity index (χ0n) is 13.4. The number of fused-ring (bicyclic) bond motifs is 1. The number of nitrogens with zero attached hydrogens (tertiary/aromatic N) is 1. The van der Waals surface area contributed by atoms with Gasteiger partial charge in [0, 0.05) is 5.69 Å². The second kappa shape index (κ2) is 6.04. The summed E-state index contributed by atoms with van der Waals surface area (Å²) in [6.07, 6.45) is 1.40. The molecule has 126 valence electrons. The van der Waals surface area contributed by atoms with E-state index in [4.69, 9.17) is 4.42 Å². The third-order valence-electron chi connectivity index (χ3n) is 4.27. The maximum atomic E-state index is 14.0. The molecule has 1 saturated heterocycles. The van der Waals surface area contributed by atoms with Crippen molar-refractivity contribution in [2.45, 2.75) is 12.3 Å². The molecule has 2 heterocycles. The lowest BCUT2D eigenvalue weighted by Gasteiger charge is -2.24. The fourth-order valence-electron chi connectivity index (χ4n) is 2.93. The Morgan fingerprint density at radius 1 is 1.20 bits per heavy atom. The van der Waals surface area contributed by atoms with E-state index < -0.39 is 5.37 Å². The molecule has 1 unspecified atom stereocenters. The van der Waals surface area contributed by atoms with E-state index in [1.807, 2.05) is 0 Å². The second-order valence-corrected chi connectivity index (χ2v) is 6.95. The number of benzene rings is 2. The molecule has 1 aliphatic heterocycles. The smallest absolute Gasteiger partial charge is 0.238 e. The quantitative estimate of drug-likeness (QED) is 0.697. The fourth-order valence-corrected chi connectivity index (χ4v) is 4.10. The third-order valence-corrected chi connectivity index (χ3v) is 5.47. The molecule has 4 rings (SSSR count). The van der Waals surface area contributed by atoms with Gasteiger partial charge in [0.2, 0.25) is 5.91 Å². The molecule has 1 fully saturated rings. The summed E-state index contributed by atoms with van der Waals surface area (Å²) in [4.78, 5) is 26.7. The maximum Gasteiger partial charge on any atom is 0.238 e. The first-order chi connectivity index (χ1) is 12.1. The van der Waals surface area contributed by atoms with Crippen LogP contribution in [0, 0.1) is 12.7 Å². The van der Waals surface area contributed by atoms with Gasteiger partial charge in [-0.05, 0) is 36.8 Å². The molecule has 1 atom stereocenters. The number of aryl methyl sites for hydroxylation is 1. The topological polar surface area (TPSA) is 50.5 Å². The third kappa shape index (κ3) is 2.62. The Morgan fingerprint density at radius 2 is 2.00 bits per heavy atom. The predicted molar refractivity (Wildman–Crippen MR) is 96.3 cm³/mol. The number of amides is 1. The van der Waals surface area contributed by atoms with Crippen molar-refractivity contribution in [3.8, 4) is 0 Å². The minimum Gasteiger partial charge on any atom is -0.464 e. The van der Waals surface area contributed by atoms with Gasteiger partial charge in [0.15, 0.2) is 5.43 Å². The van der Waals surface area contributed by atoms with E-state index in [1.165, 1.54) is 29.0 Å². The summed E-state index contributed by atoms with van der Waals surface area (Å²) >= 11 is 1.33. The van der Waals surface area contributed by atoms with Gasteiger partial charge in [0.1, 0.15) is 23.0 Å². The van der Waals surface area contributed by atoms with Crippen molar-refractivity contribution < 1.29 is 13.6 Å². The van der Waals surface area contributed by atoms with Crippen LogP contribution in [0.2, 0.25) is 0 Å². The highest BCUT2D eigenvalue weighted by molar-refractivity contribution is 8.00. The lowest BCUT2D eigenvalue weighted by molar-refractivity contribution is -0.115. The summed E-state index contributed by atoms with van der Waals surface area (Å²) in [6, 6.07) is 11.6. The van der Waals surface area contributed by atoms with Crippen LogP contribution in [0.5, 0.6) is 0 Å². The number of anilines is 1. The molecule has 0 bridgehead atoms. The van der Waals surface area contributed by atoms with Gasteiger partial charge in [-0.2, -0.15) is 0 Å². The SMILES string of the molecule is Cc1ccc(N2C(=O)CSC2c2coc3ccccc3c2=O)cc1F. The highest BCUT2D eigenvalue weighted by atomic mass is 32.2. The Bertz CT molecular complexity index is 1050. The first-order valence-electron chi connectivity index (χ1n) is 7.76. The largest absolute Gasteiger partial charge is 0.464 e. The predicted octanol–water partition coefficient (Wildman–Crippen LogP) is 4.02. The standard InChI is InChI=1S/C19H14FNO3S/c1-11-6-7-12(8-15(11)20)21-17(22)10-25-19(21)14-9-24-16-5-3-2-4-13(16)18(14)23/h2-9,19H,10H2,1H3. The summed E-state index contributed by atoms with van der Waals surface area (Å²) in [6.45, 7) is 1.66. The first kappa shape index (κ1) is 15.9. The molecule has 0 aliphatic carbocycles. The van der Waals surface area contributed by atoms with Crippen molar-refractivity contribution in [3.05, 3.63) is 75.9 Å². The van der Waals surface area contributed by atoms with Crippen LogP contribution in [0.1, 0.15) is 16.5 Å². The average Bonchev–Trinajstić information content (AvgIpc) is 2.99. The van der Waals surface area contributed by atoms with Crippen LogP contribution >= 0.6 is 11.8 Å². The van der Waals surface area contributed by atoms with Gasteiger partial charge in [-0.15, -0.1) is 11.8 Å². The van der Waals surface area contributed by atoms with E-state index in [-0.39, 0.29) is 22.9 Å². The number of carbonyl (C=O) groups is 1. The monoisotopic (exact) mass is 355 g/mol. The van der Waals surface area contributed by atoms with Crippen LogP contribution in [0.25, 0.3) is 11.0 Å². The van der Waals surface area contributed by atoms with Crippen molar-refractivity contribution in [3.63, 3.8) is 0 Å². The van der Waals surface area contributed by atoms with Crippen LogP contribution in [-0.2, 0) is 4.79 Å². The molecule has 1 amide bonds. The molecule has 3 aromatic rings. The zero-order valence-corrected chi connectivity index (χ0v) is 14.2. The van der Waals surface area contributed by atoms with E-state index in [1.54, 1.807) is 43.3 Å². The molecule has 0 saturated carbocycles. The first-order valence-corrected chi connectivity index (χ1v) is 8.81. The van der Waals surface area contributed by atoms with E-state index in [2.05, 4.69) is 0 Å². The van der Waals surface area contributed by atoms with Gasteiger partial charge in [-0.3, -0.25) is 14.5 Å². The van der Waals surface area contributed by atoms with Crippen molar-refractivity contribution in [1.29, 1.82) is 0 Å². The number of hydrogen-bond donors (Lipinski definition) is 0. The Kier molecular flexibility index (Phi) is 3.84. The van der Waals surface area contributed by atoms with Crippen molar-refractivity contribution >= 4 is 34.3 Å². The maximum absolute atomic E-state index is 14.0. The molecule has 25 heavy (non-hydrogen) atoms. The van der Waals surface area contributed by atoms with Crippen LogP contribution in [0.15, 0.2) is 57.9 Å². The van der Waals surface area contributed by atoms with Gasteiger partial charge < -0.3 is 4.42 Å². The second-order valence-electron chi connectivity index (χ2n) is 5.88. The molecule has 0 spiro atoms. The highest BCUT2D eigenvalue weighted by Crippen LogP contribution is 2.41. The Morgan fingerprint density at radius 3 is 2.80 bits per heavy atom. The lowest BCUT2D eigenvalue weighted by Crippen LogP contribution is -2.30. The van der Waals surface area contributed by atoms with Crippen LogP contribution < -0.4 is 10.3 Å². The molecule has 6 heteroatoms. The van der Waals surface area contributed by atoms with E-state index in [9.17, 15) is 14.0 Å². The molecule has 0 radical (unpaired) electrons. The minimum atomic E-state index is -0.532. The Balaban J connectivity index is 1.84. The summed E-state index contributed by atoms with van der Waals surface area (Å²) in [5.74, 6) is -0.316. The number of thioether (sulfide) groups is 1. The van der Waals surface area contributed by atoms with Gasteiger partial charge in [0.05, 0.1) is 16.7 Å². The molecule has 1 aliphatic rings. The van der Waals surface area contributed by atoms with Crippen LogP contribution in [-0.4, -0.2) is 11.7 Å². The van der Waals surface area contributed by atoms with E-state index in [0.717, 1.165) is 0 Å².